The largest absolute Gasteiger partial charge is 0.484 e. The summed E-state index contributed by atoms with van der Waals surface area (Å²) in [4.78, 5) is 28.6. The van der Waals surface area contributed by atoms with Gasteiger partial charge in [0, 0.05) is 35.1 Å². The van der Waals surface area contributed by atoms with E-state index in [4.69, 9.17) is 16.3 Å². The SMILES string of the molecule is Cc1cnccc1C(=O)NC12CC(NC(=O)COc3ccc(Cl)c(F)c3)(C1)C2. The number of amides is 2. The quantitative estimate of drug-likeness (QED) is 0.777. The molecule has 28 heavy (non-hydrogen) atoms. The van der Waals surface area contributed by atoms with Gasteiger partial charge >= 0.3 is 0 Å². The number of rotatable bonds is 6. The molecule has 1 aromatic carbocycles. The van der Waals surface area contributed by atoms with Crippen LogP contribution in [0.25, 0.3) is 0 Å². The van der Waals surface area contributed by atoms with Crippen molar-refractivity contribution in [1.82, 2.24) is 15.6 Å². The summed E-state index contributed by atoms with van der Waals surface area (Å²) in [5, 5.41) is 6.04. The van der Waals surface area contributed by atoms with Crippen LogP contribution in [-0.4, -0.2) is 34.5 Å². The number of halogens is 2. The highest BCUT2D eigenvalue weighted by atomic mass is 35.5. The molecule has 1 heterocycles. The highest BCUT2D eigenvalue weighted by Crippen LogP contribution is 2.60. The van der Waals surface area contributed by atoms with Crippen molar-refractivity contribution in [1.29, 1.82) is 0 Å². The summed E-state index contributed by atoms with van der Waals surface area (Å²) in [7, 11) is 0. The van der Waals surface area contributed by atoms with E-state index in [1.807, 2.05) is 6.92 Å². The number of carbonyl (C=O) groups excluding carboxylic acids is 2. The predicted molar refractivity (Wildman–Crippen MR) is 101 cm³/mol. The number of aromatic nitrogens is 1. The Morgan fingerprint density at radius 3 is 2.61 bits per heavy atom. The summed E-state index contributed by atoms with van der Waals surface area (Å²) in [6.45, 7) is 1.64. The molecule has 5 rings (SSSR count). The second-order valence-electron chi connectivity index (χ2n) is 7.65. The number of hydrogen-bond acceptors (Lipinski definition) is 4. The molecule has 3 fully saturated rings. The van der Waals surface area contributed by atoms with Crippen molar-refractivity contribution in [2.24, 2.45) is 0 Å². The number of pyridine rings is 1. The van der Waals surface area contributed by atoms with Crippen molar-refractivity contribution in [3.63, 3.8) is 0 Å². The fourth-order valence-electron chi connectivity index (χ4n) is 4.14. The monoisotopic (exact) mass is 403 g/mol. The van der Waals surface area contributed by atoms with Gasteiger partial charge in [0.1, 0.15) is 11.6 Å². The molecule has 8 heteroatoms. The topological polar surface area (TPSA) is 80.3 Å². The van der Waals surface area contributed by atoms with Crippen LogP contribution in [0.2, 0.25) is 5.02 Å². The Balaban J connectivity index is 1.25. The van der Waals surface area contributed by atoms with Gasteiger partial charge in [-0.25, -0.2) is 4.39 Å². The van der Waals surface area contributed by atoms with E-state index >= 15 is 0 Å². The van der Waals surface area contributed by atoms with Crippen LogP contribution in [0.5, 0.6) is 5.75 Å². The first-order valence-electron chi connectivity index (χ1n) is 8.92. The molecular weight excluding hydrogens is 385 g/mol. The molecule has 0 atom stereocenters. The maximum atomic E-state index is 13.4. The second-order valence-corrected chi connectivity index (χ2v) is 8.06. The number of carbonyl (C=O) groups is 2. The van der Waals surface area contributed by atoms with E-state index < -0.39 is 5.82 Å². The summed E-state index contributed by atoms with van der Waals surface area (Å²) in [5.41, 5.74) is 0.902. The number of ether oxygens (including phenoxy) is 1. The molecular formula is C20H19ClFN3O3. The number of benzene rings is 1. The van der Waals surface area contributed by atoms with Gasteiger partial charge in [-0.3, -0.25) is 14.6 Å². The Morgan fingerprint density at radius 1 is 1.21 bits per heavy atom. The average molecular weight is 404 g/mol. The number of nitrogens with one attached hydrogen (secondary N) is 2. The van der Waals surface area contributed by atoms with E-state index in [9.17, 15) is 14.0 Å². The van der Waals surface area contributed by atoms with Gasteiger partial charge in [-0.1, -0.05) is 11.6 Å². The van der Waals surface area contributed by atoms with Crippen LogP contribution in [0.4, 0.5) is 4.39 Å². The fourth-order valence-corrected chi connectivity index (χ4v) is 4.25. The van der Waals surface area contributed by atoms with Gasteiger partial charge in [-0.05, 0) is 49.9 Å². The molecule has 3 saturated carbocycles. The fraction of sp³-hybridized carbons (Fsp3) is 0.350. The maximum absolute atomic E-state index is 13.4. The first-order valence-corrected chi connectivity index (χ1v) is 9.30. The Morgan fingerprint density at radius 2 is 1.93 bits per heavy atom. The van der Waals surface area contributed by atoms with Gasteiger partial charge in [-0.2, -0.15) is 0 Å². The number of aryl methyl sites for hydroxylation is 1. The van der Waals surface area contributed by atoms with Gasteiger partial charge in [0.15, 0.2) is 6.61 Å². The van der Waals surface area contributed by atoms with Gasteiger partial charge < -0.3 is 15.4 Å². The third kappa shape index (κ3) is 3.42. The normalized spacial score (nSPS) is 24.5. The predicted octanol–water partition coefficient (Wildman–Crippen LogP) is 2.78. The van der Waals surface area contributed by atoms with Crippen LogP contribution in [0.3, 0.4) is 0 Å². The zero-order valence-corrected chi connectivity index (χ0v) is 16.0. The van der Waals surface area contributed by atoms with E-state index in [-0.39, 0.29) is 40.3 Å². The molecule has 0 radical (unpaired) electrons. The van der Waals surface area contributed by atoms with Crippen molar-refractivity contribution >= 4 is 23.4 Å². The molecule has 2 amide bonds. The molecule has 0 unspecified atom stereocenters. The molecule has 0 saturated heterocycles. The third-order valence-corrected chi connectivity index (χ3v) is 5.65. The van der Waals surface area contributed by atoms with Crippen LogP contribution in [0.1, 0.15) is 35.2 Å². The lowest BCUT2D eigenvalue weighted by molar-refractivity contribution is -0.141. The highest BCUT2D eigenvalue weighted by molar-refractivity contribution is 6.30. The van der Waals surface area contributed by atoms with E-state index in [0.29, 0.717) is 24.8 Å². The smallest absolute Gasteiger partial charge is 0.258 e. The van der Waals surface area contributed by atoms with E-state index in [1.165, 1.54) is 12.1 Å². The first kappa shape index (κ1) is 18.7. The van der Waals surface area contributed by atoms with Crippen LogP contribution in [0.15, 0.2) is 36.7 Å². The second kappa shape index (κ2) is 6.74. The summed E-state index contributed by atoms with van der Waals surface area (Å²) >= 11 is 5.62. The van der Waals surface area contributed by atoms with Crippen molar-refractivity contribution in [2.75, 3.05) is 6.61 Å². The number of nitrogens with zero attached hydrogens (tertiary/aromatic N) is 1. The minimum absolute atomic E-state index is 0.0000251. The molecule has 2 N–H and O–H groups in total. The summed E-state index contributed by atoms with van der Waals surface area (Å²) in [5.74, 6) is -0.750. The summed E-state index contributed by atoms with van der Waals surface area (Å²) in [6.07, 6.45) is 5.33. The first-order chi connectivity index (χ1) is 13.3. The molecule has 2 bridgehead atoms. The lowest BCUT2D eigenvalue weighted by Crippen LogP contribution is -2.84. The lowest BCUT2D eigenvalue weighted by atomic mass is 9.44. The van der Waals surface area contributed by atoms with Crippen molar-refractivity contribution < 1.29 is 18.7 Å². The average Bonchev–Trinajstić information content (AvgIpc) is 2.60. The lowest BCUT2D eigenvalue weighted by Gasteiger charge is -2.70. The Kier molecular flexibility index (Phi) is 4.50. The van der Waals surface area contributed by atoms with Gasteiger partial charge in [0.05, 0.1) is 5.02 Å². The molecule has 0 aliphatic heterocycles. The van der Waals surface area contributed by atoms with Crippen molar-refractivity contribution in [2.45, 2.75) is 37.3 Å². The van der Waals surface area contributed by atoms with Crippen LogP contribution >= 0.6 is 11.6 Å². The minimum Gasteiger partial charge on any atom is -0.484 e. The maximum Gasteiger partial charge on any atom is 0.258 e. The van der Waals surface area contributed by atoms with Gasteiger partial charge in [-0.15, -0.1) is 0 Å². The molecule has 0 spiro atoms. The summed E-state index contributed by atoms with van der Waals surface area (Å²) < 4.78 is 18.7. The standard InChI is InChI=1S/C20H19ClFN3O3/c1-12-7-23-5-4-14(12)18(27)25-20-9-19(10-20,11-20)24-17(26)8-28-13-2-3-15(21)16(22)6-13/h2-7H,8-11H2,1H3,(H,24,26)(H,25,27). The van der Waals surface area contributed by atoms with Crippen LogP contribution < -0.4 is 15.4 Å². The van der Waals surface area contributed by atoms with E-state index in [2.05, 4.69) is 15.6 Å². The molecule has 6 nitrogen and oxygen atoms in total. The molecule has 2 aromatic rings. The van der Waals surface area contributed by atoms with Crippen LogP contribution in [0, 0.1) is 12.7 Å². The number of hydrogen-bond donors (Lipinski definition) is 2. The zero-order chi connectivity index (χ0) is 19.9. The van der Waals surface area contributed by atoms with E-state index in [1.54, 1.807) is 18.5 Å². The molecule has 3 aliphatic rings. The molecule has 1 aromatic heterocycles. The molecule has 3 aliphatic carbocycles. The van der Waals surface area contributed by atoms with Crippen LogP contribution in [-0.2, 0) is 4.79 Å². The third-order valence-electron chi connectivity index (χ3n) is 5.34. The summed E-state index contributed by atoms with van der Waals surface area (Å²) in [6, 6.07) is 5.72. The van der Waals surface area contributed by atoms with Gasteiger partial charge in [0.2, 0.25) is 0 Å². The molecule has 146 valence electrons. The van der Waals surface area contributed by atoms with Gasteiger partial charge in [0.25, 0.3) is 11.8 Å². The van der Waals surface area contributed by atoms with Crippen molar-refractivity contribution in [3.8, 4) is 5.75 Å². The Labute approximate surface area is 166 Å². The van der Waals surface area contributed by atoms with Crippen molar-refractivity contribution in [3.05, 3.63) is 58.6 Å². The minimum atomic E-state index is -0.596. The Hall–Kier alpha value is -2.67. The Bertz CT molecular complexity index is 946. The van der Waals surface area contributed by atoms with E-state index in [0.717, 1.165) is 11.6 Å². The highest BCUT2D eigenvalue weighted by Gasteiger charge is 2.69. The zero-order valence-electron chi connectivity index (χ0n) is 15.2.